The Kier molecular flexibility index (Phi) is 8.74. The lowest BCUT2D eigenvalue weighted by Gasteiger charge is -2.41. The van der Waals surface area contributed by atoms with E-state index in [0.717, 1.165) is 24.3 Å². The van der Waals surface area contributed by atoms with Crippen LogP contribution in [0.1, 0.15) is 128 Å². The van der Waals surface area contributed by atoms with Gasteiger partial charge in [0, 0.05) is 48.7 Å². The Morgan fingerprint density at radius 3 is 2.15 bits per heavy atom. The van der Waals surface area contributed by atoms with Gasteiger partial charge in [-0.25, -0.2) is 23.1 Å². The van der Waals surface area contributed by atoms with E-state index < -0.39 is 35.9 Å². The molecular weight excluding hydrogens is 620 g/mol. The summed E-state index contributed by atoms with van der Waals surface area (Å²) in [7, 11) is 0. The molecule has 2 aromatic heterocycles. The second kappa shape index (κ2) is 12.4. The molecule has 3 aromatic rings. The number of hydrogen-bond acceptors (Lipinski definition) is 6. The molecule has 3 heterocycles. The monoisotopic (exact) mass is 657 g/mol. The molecule has 0 amide bonds. The zero-order chi connectivity index (χ0) is 33.7. The van der Waals surface area contributed by atoms with Crippen molar-refractivity contribution in [2.75, 3.05) is 18.0 Å². The average Bonchev–Trinajstić information content (AvgIpc) is 3.03. The van der Waals surface area contributed by atoms with Crippen LogP contribution in [0.4, 0.5) is 32.3 Å². The van der Waals surface area contributed by atoms with Gasteiger partial charge in [-0.15, -0.1) is 0 Å². The predicted molar refractivity (Wildman–Crippen MR) is 163 cm³/mol. The van der Waals surface area contributed by atoms with Crippen molar-refractivity contribution in [2.45, 2.75) is 101 Å². The first-order chi connectivity index (χ1) is 22.2. The number of benzene rings is 1. The molecular formula is C35H37F6N5O. The van der Waals surface area contributed by atoms with Crippen LogP contribution in [0.15, 0.2) is 36.7 Å². The number of fused-ring (bicyclic) bond motifs is 1. The number of pyridine rings is 1. The summed E-state index contributed by atoms with van der Waals surface area (Å²) in [6, 6.07) is 5.94. The van der Waals surface area contributed by atoms with E-state index in [0.29, 0.717) is 72.8 Å². The van der Waals surface area contributed by atoms with Crippen molar-refractivity contribution in [1.82, 2.24) is 15.0 Å². The number of hydrogen-bond donors (Lipinski definition) is 1. The molecule has 12 heteroatoms. The number of halogens is 6. The minimum atomic E-state index is -4.59. The molecule has 2 fully saturated rings. The topological polar surface area (TPSA) is 85.9 Å². The summed E-state index contributed by atoms with van der Waals surface area (Å²) in [5.74, 6) is -3.09. The standard InChI is InChI=1S/C35H37F6N5O/c1-33(2)15-25-28(26(47)16-33)27(21-7-11-34(37,38)12-8-21)29(30(36)22-3-5-24(6-4-22)35(39,40)41)31(45-25)23-9-13-46(14-10-23)32-43-18-20(17-42)19-44-32/h3-6,18-19,21,23,26,30,47H,7-16H2,1-2H3/t26-,30-/m0/s1. The van der Waals surface area contributed by atoms with E-state index in [2.05, 4.69) is 9.97 Å². The van der Waals surface area contributed by atoms with E-state index in [1.165, 1.54) is 12.4 Å². The summed E-state index contributed by atoms with van der Waals surface area (Å²) < 4.78 is 86.1. The van der Waals surface area contributed by atoms with Gasteiger partial charge in [-0.3, -0.25) is 4.98 Å². The normalized spacial score (nSPS) is 22.4. The van der Waals surface area contributed by atoms with Crippen molar-refractivity contribution in [3.8, 4) is 6.07 Å². The van der Waals surface area contributed by atoms with Crippen LogP contribution in [0.3, 0.4) is 0 Å². The molecule has 0 spiro atoms. The van der Waals surface area contributed by atoms with Crippen LogP contribution in [0.25, 0.3) is 0 Å². The molecule has 6 rings (SSSR count). The van der Waals surface area contributed by atoms with Gasteiger partial charge in [0.1, 0.15) is 6.07 Å². The first-order valence-electron chi connectivity index (χ1n) is 16.1. The zero-order valence-corrected chi connectivity index (χ0v) is 26.3. The van der Waals surface area contributed by atoms with E-state index in [1.807, 2.05) is 24.8 Å². The molecule has 2 atom stereocenters. The van der Waals surface area contributed by atoms with E-state index in [9.17, 15) is 27.1 Å². The summed E-state index contributed by atoms with van der Waals surface area (Å²) >= 11 is 0. The lowest BCUT2D eigenvalue weighted by atomic mass is 9.68. The molecule has 0 bridgehead atoms. The SMILES string of the molecule is CC1(C)Cc2nc(C3CCN(c4ncc(C#N)cn4)CC3)c([C@@H](F)c3ccc(C(F)(F)F)cc3)c(C3CCC(F)(F)CC3)c2[C@@H](O)C1. The maximum Gasteiger partial charge on any atom is 0.416 e. The quantitative estimate of drug-likeness (QED) is 0.277. The van der Waals surface area contributed by atoms with Crippen molar-refractivity contribution in [2.24, 2.45) is 5.41 Å². The number of piperidine rings is 1. The highest BCUT2D eigenvalue weighted by molar-refractivity contribution is 5.51. The van der Waals surface area contributed by atoms with E-state index >= 15 is 4.39 Å². The van der Waals surface area contributed by atoms with Crippen LogP contribution in [0.2, 0.25) is 0 Å². The molecule has 1 saturated carbocycles. The average molecular weight is 658 g/mol. The van der Waals surface area contributed by atoms with Gasteiger partial charge in [0.15, 0.2) is 6.17 Å². The van der Waals surface area contributed by atoms with Gasteiger partial charge in [0.2, 0.25) is 11.9 Å². The fourth-order valence-electron chi connectivity index (χ4n) is 7.61. The fraction of sp³-hybridized carbons (Fsp3) is 0.543. The third-order valence-electron chi connectivity index (χ3n) is 9.99. The first kappa shape index (κ1) is 33.2. The van der Waals surface area contributed by atoms with Gasteiger partial charge in [-0.2, -0.15) is 18.4 Å². The van der Waals surface area contributed by atoms with Crippen molar-refractivity contribution in [1.29, 1.82) is 5.26 Å². The molecule has 3 aliphatic rings. The van der Waals surface area contributed by atoms with Crippen molar-refractivity contribution >= 4 is 5.95 Å². The minimum Gasteiger partial charge on any atom is -0.388 e. The summed E-state index contributed by atoms with van der Waals surface area (Å²) in [5.41, 5.74) is 1.46. The minimum absolute atomic E-state index is 0.0115. The molecule has 250 valence electrons. The maximum absolute atomic E-state index is 17.1. The number of rotatable bonds is 5. The summed E-state index contributed by atoms with van der Waals surface area (Å²) in [6.07, 6.45) is -3.14. The fourth-order valence-corrected chi connectivity index (χ4v) is 7.61. The second-order valence-corrected chi connectivity index (χ2v) is 14.0. The van der Waals surface area contributed by atoms with Gasteiger partial charge in [0.05, 0.1) is 35.3 Å². The largest absolute Gasteiger partial charge is 0.416 e. The van der Waals surface area contributed by atoms with Gasteiger partial charge in [0.25, 0.3) is 0 Å². The van der Waals surface area contributed by atoms with Gasteiger partial charge in [-0.1, -0.05) is 26.0 Å². The number of alkyl halides is 6. The Balaban J connectivity index is 1.46. The van der Waals surface area contributed by atoms with Crippen molar-refractivity contribution in [3.05, 3.63) is 81.4 Å². The molecule has 1 aromatic carbocycles. The Bertz CT molecular complexity index is 1630. The smallest absolute Gasteiger partial charge is 0.388 e. The number of nitriles is 1. The van der Waals surface area contributed by atoms with Gasteiger partial charge < -0.3 is 10.0 Å². The predicted octanol–water partition coefficient (Wildman–Crippen LogP) is 8.50. The highest BCUT2D eigenvalue weighted by Crippen LogP contribution is 2.52. The molecule has 47 heavy (non-hydrogen) atoms. The molecule has 6 nitrogen and oxygen atoms in total. The summed E-state index contributed by atoms with van der Waals surface area (Å²) in [4.78, 5) is 15.6. The van der Waals surface area contributed by atoms with E-state index in [-0.39, 0.29) is 48.1 Å². The van der Waals surface area contributed by atoms with E-state index in [4.69, 9.17) is 10.2 Å². The van der Waals surface area contributed by atoms with Crippen LogP contribution in [-0.4, -0.2) is 39.1 Å². The molecule has 1 saturated heterocycles. The third-order valence-corrected chi connectivity index (χ3v) is 9.99. The van der Waals surface area contributed by atoms with Crippen LogP contribution in [0, 0.1) is 16.7 Å². The first-order valence-corrected chi connectivity index (χ1v) is 16.1. The molecule has 0 unspecified atom stereocenters. The Labute approximate surface area is 269 Å². The summed E-state index contributed by atoms with van der Waals surface area (Å²) in [5, 5.41) is 20.6. The number of anilines is 1. The molecule has 1 aliphatic heterocycles. The number of nitrogens with zero attached hydrogens (tertiary/aromatic N) is 5. The van der Waals surface area contributed by atoms with Crippen molar-refractivity contribution < 1.29 is 31.4 Å². The third kappa shape index (κ3) is 6.82. The van der Waals surface area contributed by atoms with Gasteiger partial charge >= 0.3 is 6.18 Å². The Morgan fingerprint density at radius 2 is 1.57 bits per heavy atom. The van der Waals surface area contributed by atoms with Gasteiger partial charge in [-0.05, 0) is 73.1 Å². The second-order valence-electron chi connectivity index (χ2n) is 14.0. The maximum atomic E-state index is 17.1. The zero-order valence-electron chi connectivity index (χ0n) is 26.3. The molecule has 0 radical (unpaired) electrons. The number of aromatic nitrogens is 3. The highest BCUT2D eigenvalue weighted by Gasteiger charge is 2.43. The number of aliphatic hydroxyl groups is 1. The number of aliphatic hydroxyl groups excluding tert-OH is 1. The Hall–Kier alpha value is -3.72. The molecule has 2 aliphatic carbocycles. The Morgan fingerprint density at radius 1 is 0.957 bits per heavy atom. The lowest BCUT2D eigenvalue weighted by molar-refractivity contribution is -0.137. The van der Waals surface area contributed by atoms with Crippen LogP contribution >= 0.6 is 0 Å². The van der Waals surface area contributed by atoms with Crippen molar-refractivity contribution in [3.63, 3.8) is 0 Å². The van der Waals surface area contributed by atoms with Crippen LogP contribution < -0.4 is 4.90 Å². The van der Waals surface area contributed by atoms with E-state index in [1.54, 1.807) is 0 Å². The lowest BCUT2D eigenvalue weighted by Crippen LogP contribution is -2.36. The molecule has 1 N–H and O–H groups in total. The van der Waals surface area contributed by atoms with Crippen LogP contribution in [0.5, 0.6) is 0 Å². The highest BCUT2D eigenvalue weighted by atomic mass is 19.4. The summed E-state index contributed by atoms with van der Waals surface area (Å²) in [6.45, 7) is 5.05. The van der Waals surface area contributed by atoms with Crippen LogP contribution in [-0.2, 0) is 12.6 Å².